The summed E-state index contributed by atoms with van der Waals surface area (Å²) >= 11 is 0. The Hall–Kier alpha value is -1.55. The number of benzene rings is 1. The average molecular weight is 278 g/mol. The minimum Gasteiger partial charge on any atom is -0.491 e. The quantitative estimate of drug-likeness (QED) is 0.806. The fraction of sp³-hybridized carbons (Fsp3) is 0.562. The van der Waals surface area contributed by atoms with Gasteiger partial charge in [-0.1, -0.05) is 19.1 Å². The van der Waals surface area contributed by atoms with Crippen molar-refractivity contribution in [2.75, 3.05) is 0 Å². The molecule has 0 heterocycles. The SMILES string of the molecule is CCC(N)CC(=O)NC(C)c1ccc(OC(C)C)cc1. The number of carbonyl (C=O) groups excluding carboxylic acids is 1. The fourth-order valence-corrected chi connectivity index (χ4v) is 1.87. The number of nitrogens with one attached hydrogen (secondary N) is 1. The highest BCUT2D eigenvalue weighted by Gasteiger charge is 2.12. The second-order valence-electron chi connectivity index (χ2n) is 5.40. The molecule has 3 N–H and O–H groups in total. The topological polar surface area (TPSA) is 64.4 Å². The van der Waals surface area contributed by atoms with Gasteiger partial charge in [-0.3, -0.25) is 4.79 Å². The van der Waals surface area contributed by atoms with E-state index in [-0.39, 0.29) is 24.1 Å². The molecule has 4 heteroatoms. The van der Waals surface area contributed by atoms with Crippen molar-refractivity contribution in [2.24, 2.45) is 5.73 Å². The number of carbonyl (C=O) groups is 1. The van der Waals surface area contributed by atoms with Gasteiger partial charge in [-0.05, 0) is 44.9 Å². The van der Waals surface area contributed by atoms with Crippen LogP contribution in [-0.2, 0) is 4.79 Å². The first kappa shape index (κ1) is 16.5. The van der Waals surface area contributed by atoms with Gasteiger partial charge in [0.05, 0.1) is 12.1 Å². The number of ether oxygens (including phenoxy) is 1. The van der Waals surface area contributed by atoms with E-state index in [2.05, 4.69) is 5.32 Å². The zero-order valence-electron chi connectivity index (χ0n) is 12.8. The molecule has 0 aromatic heterocycles. The lowest BCUT2D eigenvalue weighted by Gasteiger charge is -2.17. The Morgan fingerprint density at radius 2 is 1.85 bits per heavy atom. The molecule has 1 amide bonds. The Morgan fingerprint density at radius 3 is 2.35 bits per heavy atom. The van der Waals surface area contributed by atoms with Crippen LogP contribution in [0.3, 0.4) is 0 Å². The minimum atomic E-state index is -0.0657. The van der Waals surface area contributed by atoms with E-state index in [9.17, 15) is 4.79 Å². The van der Waals surface area contributed by atoms with Crippen molar-refractivity contribution >= 4 is 5.91 Å². The van der Waals surface area contributed by atoms with Crippen molar-refractivity contribution in [3.05, 3.63) is 29.8 Å². The Bertz CT molecular complexity index is 415. The summed E-state index contributed by atoms with van der Waals surface area (Å²) in [6.45, 7) is 7.93. The average Bonchev–Trinajstić information content (AvgIpc) is 2.38. The molecule has 112 valence electrons. The van der Waals surface area contributed by atoms with E-state index in [0.717, 1.165) is 17.7 Å². The Labute approximate surface area is 121 Å². The van der Waals surface area contributed by atoms with E-state index >= 15 is 0 Å². The smallest absolute Gasteiger partial charge is 0.222 e. The Morgan fingerprint density at radius 1 is 1.25 bits per heavy atom. The molecule has 0 aliphatic rings. The highest BCUT2D eigenvalue weighted by molar-refractivity contribution is 5.77. The number of hydrogen-bond acceptors (Lipinski definition) is 3. The van der Waals surface area contributed by atoms with Crippen molar-refractivity contribution in [3.63, 3.8) is 0 Å². The van der Waals surface area contributed by atoms with E-state index in [1.807, 2.05) is 52.0 Å². The molecule has 20 heavy (non-hydrogen) atoms. The fourth-order valence-electron chi connectivity index (χ4n) is 1.87. The maximum absolute atomic E-state index is 11.8. The van der Waals surface area contributed by atoms with Crippen molar-refractivity contribution in [2.45, 2.75) is 58.7 Å². The second kappa shape index (κ2) is 7.90. The monoisotopic (exact) mass is 278 g/mol. The maximum Gasteiger partial charge on any atom is 0.222 e. The zero-order valence-corrected chi connectivity index (χ0v) is 12.8. The molecule has 1 aromatic carbocycles. The molecule has 0 spiro atoms. The van der Waals surface area contributed by atoms with Gasteiger partial charge in [0.2, 0.25) is 5.91 Å². The van der Waals surface area contributed by atoms with Crippen molar-refractivity contribution < 1.29 is 9.53 Å². The summed E-state index contributed by atoms with van der Waals surface area (Å²) in [7, 11) is 0. The van der Waals surface area contributed by atoms with Crippen molar-refractivity contribution in [1.29, 1.82) is 0 Å². The van der Waals surface area contributed by atoms with E-state index in [0.29, 0.717) is 6.42 Å². The van der Waals surface area contributed by atoms with E-state index in [4.69, 9.17) is 10.5 Å². The van der Waals surface area contributed by atoms with Gasteiger partial charge in [-0.15, -0.1) is 0 Å². The number of nitrogens with two attached hydrogens (primary N) is 1. The molecule has 0 radical (unpaired) electrons. The Kier molecular flexibility index (Phi) is 6.52. The molecular weight excluding hydrogens is 252 g/mol. The largest absolute Gasteiger partial charge is 0.491 e. The normalized spacial score (nSPS) is 13.9. The van der Waals surface area contributed by atoms with Gasteiger partial charge in [-0.25, -0.2) is 0 Å². The molecule has 0 saturated carbocycles. The summed E-state index contributed by atoms with van der Waals surface area (Å²) in [6, 6.07) is 7.71. The molecule has 1 rings (SSSR count). The minimum absolute atomic E-state index is 0.00523. The van der Waals surface area contributed by atoms with Crippen LogP contribution in [0.15, 0.2) is 24.3 Å². The van der Waals surface area contributed by atoms with Crippen molar-refractivity contribution in [1.82, 2.24) is 5.32 Å². The van der Waals surface area contributed by atoms with Gasteiger partial charge in [0.15, 0.2) is 0 Å². The molecule has 1 aromatic rings. The van der Waals surface area contributed by atoms with Crippen LogP contribution in [0.2, 0.25) is 0 Å². The molecule has 2 unspecified atom stereocenters. The van der Waals surface area contributed by atoms with Crippen LogP contribution in [0.5, 0.6) is 5.75 Å². The van der Waals surface area contributed by atoms with Crippen LogP contribution in [0.25, 0.3) is 0 Å². The summed E-state index contributed by atoms with van der Waals surface area (Å²) in [5.74, 6) is 0.838. The highest BCUT2D eigenvalue weighted by atomic mass is 16.5. The third kappa shape index (κ3) is 5.61. The molecule has 0 saturated heterocycles. The highest BCUT2D eigenvalue weighted by Crippen LogP contribution is 2.18. The molecule has 0 bridgehead atoms. The molecule has 0 fully saturated rings. The first-order valence-corrected chi connectivity index (χ1v) is 7.24. The van der Waals surface area contributed by atoms with E-state index in [1.54, 1.807) is 0 Å². The van der Waals surface area contributed by atoms with E-state index < -0.39 is 0 Å². The van der Waals surface area contributed by atoms with Crippen LogP contribution in [0.4, 0.5) is 0 Å². The lowest BCUT2D eigenvalue weighted by Crippen LogP contribution is -2.32. The summed E-state index contributed by atoms with van der Waals surface area (Å²) in [6.07, 6.45) is 1.34. The predicted octanol–water partition coefficient (Wildman–Crippen LogP) is 2.78. The van der Waals surface area contributed by atoms with Crippen LogP contribution in [0, 0.1) is 0 Å². The van der Waals surface area contributed by atoms with Gasteiger partial charge < -0.3 is 15.8 Å². The van der Waals surface area contributed by atoms with Crippen LogP contribution in [-0.4, -0.2) is 18.1 Å². The van der Waals surface area contributed by atoms with Gasteiger partial charge in [0.25, 0.3) is 0 Å². The van der Waals surface area contributed by atoms with Crippen LogP contribution in [0.1, 0.15) is 52.1 Å². The third-order valence-corrected chi connectivity index (χ3v) is 3.10. The summed E-state index contributed by atoms with van der Waals surface area (Å²) in [5, 5.41) is 2.96. The number of rotatable bonds is 7. The standard InChI is InChI=1S/C16H26N2O2/c1-5-14(17)10-16(19)18-12(4)13-6-8-15(9-7-13)20-11(2)3/h6-9,11-12,14H,5,10,17H2,1-4H3,(H,18,19). The molecule has 2 atom stereocenters. The lowest BCUT2D eigenvalue weighted by atomic mass is 10.1. The summed E-state index contributed by atoms with van der Waals surface area (Å²) in [4.78, 5) is 11.8. The molecule has 4 nitrogen and oxygen atoms in total. The first-order chi connectivity index (χ1) is 9.42. The summed E-state index contributed by atoms with van der Waals surface area (Å²) < 4.78 is 5.59. The lowest BCUT2D eigenvalue weighted by molar-refractivity contribution is -0.122. The zero-order chi connectivity index (χ0) is 15.1. The first-order valence-electron chi connectivity index (χ1n) is 7.24. The third-order valence-electron chi connectivity index (χ3n) is 3.10. The van der Waals surface area contributed by atoms with Crippen LogP contribution < -0.4 is 15.8 Å². The maximum atomic E-state index is 11.8. The number of hydrogen-bond donors (Lipinski definition) is 2. The van der Waals surface area contributed by atoms with E-state index in [1.165, 1.54) is 0 Å². The van der Waals surface area contributed by atoms with Gasteiger partial charge >= 0.3 is 0 Å². The van der Waals surface area contributed by atoms with Gasteiger partial charge in [0.1, 0.15) is 5.75 Å². The second-order valence-corrected chi connectivity index (χ2v) is 5.40. The summed E-state index contributed by atoms with van der Waals surface area (Å²) in [5.41, 5.74) is 6.83. The predicted molar refractivity (Wildman–Crippen MR) is 81.6 cm³/mol. The Balaban J connectivity index is 2.54. The molecular formula is C16H26N2O2. The van der Waals surface area contributed by atoms with Crippen LogP contribution >= 0.6 is 0 Å². The van der Waals surface area contributed by atoms with Gasteiger partial charge in [-0.2, -0.15) is 0 Å². The number of amides is 1. The molecule has 0 aliphatic heterocycles. The molecule has 0 aliphatic carbocycles. The van der Waals surface area contributed by atoms with Crippen molar-refractivity contribution in [3.8, 4) is 5.75 Å². The van der Waals surface area contributed by atoms with Gasteiger partial charge in [0, 0.05) is 12.5 Å².